The second-order valence-electron chi connectivity index (χ2n) is 6.66. The van der Waals surface area contributed by atoms with Gasteiger partial charge in [0.05, 0.1) is 5.38 Å². The lowest BCUT2D eigenvalue weighted by Crippen LogP contribution is -2.31. The first-order valence-electron chi connectivity index (χ1n) is 8.46. The minimum Gasteiger partial charge on any atom is -0.378 e. The highest BCUT2D eigenvalue weighted by Crippen LogP contribution is 2.25. The largest absolute Gasteiger partial charge is 0.378 e. The molecule has 0 fully saturated rings. The van der Waals surface area contributed by atoms with Crippen molar-refractivity contribution in [1.82, 2.24) is 0 Å². The lowest BCUT2D eigenvalue weighted by Gasteiger charge is -2.11. The third-order valence-electron chi connectivity index (χ3n) is 4.47. The summed E-state index contributed by atoms with van der Waals surface area (Å²) in [5.41, 5.74) is 7.64. The summed E-state index contributed by atoms with van der Waals surface area (Å²) in [6, 6.07) is 15.3. The first-order chi connectivity index (χ1) is 12.0. The first kappa shape index (κ1) is 17.4. The van der Waals surface area contributed by atoms with Crippen molar-refractivity contribution in [3.63, 3.8) is 0 Å². The van der Waals surface area contributed by atoms with Crippen molar-refractivity contribution in [2.24, 2.45) is 7.05 Å². The van der Waals surface area contributed by atoms with Gasteiger partial charge in [-0.25, -0.2) is 0 Å². The second kappa shape index (κ2) is 7.24. The van der Waals surface area contributed by atoms with Crippen molar-refractivity contribution < 1.29 is 4.57 Å². The van der Waals surface area contributed by atoms with E-state index in [1.165, 1.54) is 38.6 Å². The Labute approximate surface area is 154 Å². The predicted molar refractivity (Wildman–Crippen MR) is 110 cm³/mol. The Kier molecular flexibility index (Phi) is 5.05. The molecule has 0 aliphatic rings. The molecule has 0 aliphatic carbocycles. The smallest absolute Gasteiger partial charge is 0.261 e. The molecule has 0 N–H and O–H groups in total. The summed E-state index contributed by atoms with van der Waals surface area (Å²) in [7, 11) is 6.26. The number of anilines is 1. The molecule has 3 heteroatoms. The zero-order chi connectivity index (χ0) is 18.0. The van der Waals surface area contributed by atoms with Gasteiger partial charge in [0.2, 0.25) is 5.69 Å². The lowest BCUT2D eigenvalue weighted by molar-refractivity contribution is -0.657. The maximum atomic E-state index is 2.27. The normalized spacial score (nSPS) is 11.2. The zero-order valence-electron chi connectivity index (χ0n) is 15.6. The molecular formula is C22H25N2S+. The number of rotatable bonds is 4. The quantitative estimate of drug-likeness (QED) is 0.595. The molecule has 2 aromatic carbocycles. The highest BCUT2D eigenvalue weighted by atomic mass is 32.1. The van der Waals surface area contributed by atoms with Gasteiger partial charge in [-0.2, -0.15) is 4.57 Å². The van der Waals surface area contributed by atoms with E-state index in [0.29, 0.717) is 0 Å². The van der Waals surface area contributed by atoms with Gasteiger partial charge in [0.25, 0.3) is 5.01 Å². The van der Waals surface area contributed by atoms with Gasteiger partial charge in [-0.05, 0) is 49.2 Å². The van der Waals surface area contributed by atoms with Crippen LogP contribution in [0.3, 0.4) is 0 Å². The number of nitrogens with zero attached hydrogens (tertiary/aromatic N) is 2. The topological polar surface area (TPSA) is 7.12 Å². The second-order valence-corrected chi connectivity index (χ2v) is 7.55. The van der Waals surface area contributed by atoms with Crippen molar-refractivity contribution in [2.45, 2.75) is 13.8 Å². The van der Waals surface area contributed by atoms with Crippen LogP contribution in [-0.2, 0) is 7.05 Å². The summed E-state index contributed by atoms with van der Waals surface area (Å²) in [4.78, 5) is 2.11. The summed E-state index contributed by atoms with van der Waals surface area (Å²) in [5.74, 6) is 0. The molecule has 3 rings (SSSR count). The van der Waals surface area contributed by atoms with E-state index in [4.69, 9.17) is 0 Å². The molecule has 2 nitrogen and oxygen atoms in total. The van der Waals surface area contributed by atoms with E-state index in [0.717, 1.165) is 0 Å². The molecule has 3 aromatic rings. The number of aromatic nitrogens is 1. The Morgan fingerprint density at radius 1 is 0.960 bits per heavy atom. The molecule has 0 amide bonds. The SMILES string of the molecule is Cc1ccc(-c2csc(/C=C/c3ccc(N(C)C)cc3)[n+]2C)c(C)c1. The summed E-state index contributed by atoms with van der Waals surface area (Å²) in [6.45, 7) is 4.32. The van der Waals surface area contributed by atoms with E-state index in [1.54, 1.807) is 11.3 Å². The van der Waals surface area contributed by atoms with Crippen molar-refractivity contribution in [2.75, 3.05) is 19.0 Å². The molecule has 0 spiro atoms. The van der Waals surface area contributed by atoms with Crippen LogP contribution < -0.4 is 9.47 Å². The third-order valence-corrected chi connectivity index (χ3v) is 5.46. The van der Waals surface area contributed by atoms with Crippen LogP contribution in [0.15, 0.2) is 47.8 Å². The molecule has 25 heavy (non-hydrogen) atoms. The molecule has 0 radical (unpaired) electrons. The van der Waals surface area contributed by atoms with E-state index in [2.05, 4.69) is 104 Å². The number of hydrogen-bond donors (Lipinski definition) is 0. The van der Waals surface area contributed by atoms with Gasteiger partial charge in [0, 0.05) is 31.4 Å². The number of hydrogen-bond acceptors (Lipinski definition) is 2. The van der Waals surface area contributed by atoms with Crippen molar-refractivity contribution in [3.8, 4) is 11.3 Å². The number of benzene rings is 2. The molecule has 0 unspecified atom stereocenters. The van der Waals surface area contributed by atoms with Gasteiger partial charge < -0.3 is 4.90 Å². The van der Waals surface area contributed by atoms with Crippen LogP contribution >= 0.6 is 11.3 Å². The van der Waals surface area contributed by atoms with Crippen LogP contribution in [0.2, 0.25) is 0 Å². The Bertz CT molecular complexity index is 902. The average molecular weight is 350 g/mol. The van der Waals surface area contributed by atoms with Gasteiger partial charge in [0.1, 0.15) is 7.05 Å². The maximum absolute atomic E-state index is 2.27. The van der Waals surface area contributed by atoms with Gasteiger partial charge in [0.15, 0.2) is 0 Å². The molecule has 0 saturated heterocycles. The van der Waals surface area contributed by atoms with Crippen LogP contribution in [0, 0.1) is 13.8 Å². The summed E-state index contributed by atoms with van der Waals surface area (Å²) >= 11 is 1.78. The van der Waals surface area contributed by atoms with Crippen LogP contribution in [0.4, 0.5) is 5.69 Å². The van der Waals surface area contributed by atoms with Crippen LogP contribution in [0.5, 0.6) is 0 Å². The molecule has 1 heterocycles. The van der Waals surface area contributed by atoms with Crippen molar-refractivity contribution >= 4 is 29.2 Å². The fourth-order valence-electron chi connectivity index (χ4n) is 2.94. The third kappa shape index (κ3) is 3.83. The standard InChI is InChI=1S/C22H25N2S/c1-16-6-12-20(17(2)14-16)21-15-25-22(24(21)5)13-9-18-7-10-19(11-8-18)23(3)4/h6-15H,1-5H3/q+1. The minimum absolute atomic E-state index is 1.21. The van der Waals surface area contributed by atoms with E-state index in [9.17, 15) is 0 Å². The summed E-state index contributed by atoms with van der Waals surface area (Å²) in [6.07, 6.45) is 4.37. The number of thiazole rings is 1. The predicted octanol–water partition coefficient (Wildman–Crippen LogP) is 5.09. The first-order valence-corrected chi connectivity index (χ1v) is 9.34. The molecule has 1 aromatic heterocycles. The fraction of sp³-hybridized carbons (Fsp3) is 0.227. The fourth-order valence-corrected chi connectivity index (χ4v) is 3.86. The lowest BCUT2D eigenvalue weighted by atomic mass is 10.0. The Hall–Kier alpha value is -2.39. The Balaban J connectivity index is 1.86. The van der Waals surface area contributed by atoms with Crippen LogP contribution in [0.25, 0.3) is 23.4 Å². The maximum Gasteiger partial charge on any atom is 0.261 e. The zero-order valence-corrected chi connectivity index (χ0v) is 16.4. The molecule has 0 atom stereocenters. The van der Waals surface area contributed by atoms with Gasteiger partial charge in [-0.3, -0.25) is 0 Å². The van der Waals surface area contributed by atoms with E-state index < -0.39 is 0 Å². The molecular weight excluding hydrogens is 324 g/mol. The average Bonchev–Trinajstić information content (AvgIpc) is 2.94. The van der Waals surface area contributed by atoms with Gasteiger partial charge in [-0.1, -0.05) is 41.2 Å². The van der Waals surface area contributed by atoms with Crippen LogP contribution in [-0.4, -0.2) is 14.1 Å². The minimum atomic E-state index is 1.21. The van der Waals surface area contributed by atoms with E-state index >= 15 is 0 Å². The van der Waals surface area contributed by atoms with Gasteiger partial charge >= 0.3 is 0 Å². The Morgan fingerprint density at radius 2 is 1.68 bits per heavy atom. The highest BCUT2D eigenvalue weighted by Gasteiger charge is 2.17. The van der Waals surface area contributed by atoms with Crippen LogP contribution in [0.1, 0.15) is 21.7 Å². The summed E-state index contributed by atoms with van der Waals surface area (Å²) < 4.78 is 2.27. The number of aryl methyl sites for hydroxylation is 2. The van der Waals surface area contributed by atoms with Crippen molar-refractivity contribution in [1.29, 1.82) is 0 Å². The monoisotopic (exact) mass is 349 g/mol. The Morgan fingerprint density at radius 3 is 2.32 bits per heavy atom. The van der Waals surface area contributed by atoms with Gasteiger partial charge in [-0.15, -0.1) is 0 Å². The summed E-state index contributed by atoms with van der Waals surface area (Å²) in [5, 5.41) is 3.48. The van der Waals surface area contributed by atoms with E-state index in [1.807, 2.05) is 0 Å². The highest BCUT2D eigenvalue weighted by molar-refractivity contribution is 7.10. The molecule has 0 aliphatic heterocycles. The molecule has 0 bridgehead atoms. The molecule has 0 saturated carbocycles. The molecule has 128 valence electrons. The van der Waals surface area contributed by atoms with Crippen molar-refractivity contribution in [3.05, 3.63) is 69.5 Å². The van der Waals surface area contributed by atoms with E-state index in [-0.39, 0.29) is 0 Å².